The van der Waals surface area contributed by atoms with Crippen molar-refractivity contribution >= 4 is 22.5 Å². The molecule has 1 aromatic heterocycles. The van der Waals surface area contributed by atoms with E-state index >= 15 is 0 Å². The maximum absolute atomic E-state index is 14.1. The van der Waals surface area contributed by atoms with Gasteiger partial charge in [-0.1, -0.05) is 37.3 Å². The van der Waals surface area contributed by atoms with Crippen LogP contribution < -0.4 is 4.90 Å². The molecule has 0 unspecified atom stereocenters. The number of anilines is 1. The number of carbonyl (C=O) groups excluding carboxylic acids is 1. The second-order valence-corrected chi connectivity index (χ2v) is 5.74. The average Bonchev–Trinajstić information content (AvgIpc) is 2.60. The monoisotopic (exact) mass is 322 g/mol. The molecule has 1 amide bonds. The first kappa shape index (κ1) is 16.1. The van der Waals surface area contributed by atoms with E-state index in [1.54, 1.807) is 25.2 Å². The minimum atomic E-state index is -0.417. The van der Waals surface area contributed by atoms with E-state index < -0.39 is 5.82 Å². The Labute approximate surface area is 140 Å². The van der Waals surface area contributed by atoms with Crippen LogP contribution in [0.2, 0.25) is 0 Å². The number of hydrogen-bond acceptors (Lipinski definition) is 2. The van der Waals surface area contributed by atoms with Gasteiger partial charge in [-0.2, -0.15) is 0 Å². The number of para-hydroxylation sites is 2. The summed E-state index contributed by atoms with van der Waals surface area (Å²) in [7, 11) is 1.60. The first-order chi connectivity index (χ1) is 11.5. The number of fused-ring (bicyclic) bond motifs is 1. The molecule has 2 aromatic carbocycles. The zero-order valence-electron chi connectivity index (χ0n) is 14.0. The van der Waals surface area contributed by atoms with Gasteiger partial charge in [-0.15, -0.1) is 0 Å². The molecule has 0 aliphatic carbocycles. The van der Waals surface area contributed by atoms with Gasteiger partial charge < -0.3 is 4.90 Å². The van der Waals surface area contributed by atoms with Gasteiger partial charge in [0.15, 0.2) is 0 Å². The minimum absolute atomic E-state index is 0.231. The second kappa shape index (κ2) is 6.40. The van der Waals surface area contributed by atoms with Crippen LogP contribution in [-0.4, -0.2) is 17.9 Å². The van der Waals surface area contributed by atoms with Gasteiger partial charge in [0.05, 0.1) is 16.8 Å². The van der Waals surface area contributed by atoms with E-state index in [1.165, 1.54) is 11.0 Å². The van der Waals surface area contributed by atoms with Crippen molar-refractivity contribution in [3.8, 4) is 0 Å². The highest BCUT2D eigenvalue weighted by Gasteiger charge is 2.22. The fraction of sp³-hybridized carbons (Fsp3) is 0.200. The molecule has 0 saturated carbocycles. The van der Waals surface area contributed by atoms with E-state index in [-0.39, 0.29) is 11.6 Å². The van der Waals surface area contributed by atoms with Crippen LogP contribution in [0.15, 0.2) is 48.5 Å². The smallest absolute Gasteiger partial charge is 0.259 e. The molecule has 0 aliphatic heterocycles. The van der Waals surface area contributed by atoms with Crippen LogP contribution in [0.1, 0.15) is 28.5 Å². The predicted octanol–water partition coefficient (Wildman–Crippen LogP) is 4.52. The van der Waals surface area contributed by atoms with Gasteiger partial charge >= 0.3 is 0 Å². The molecule has 1 heterocycles. The fourth-order valence-electron chi connectivity index (χ4n) is 2.98. The number of aromatic nitrogens is 1. The maximum Gasteiger partial charge on any atom is 0.259 e. The van der Waals surface area contributed by atoms with Crippen LogP contribution in [0.5, 0.6) is 0 Å². The molecule has 3 rings (SSSR count). The number of pyridine rings is 1. The molecule has 0 atom stereocenters. The maximum atomic E-state index is 14.1. The third-order valence-corrected chi connectivity index (χ3v) is 4.30. The van der Waals surface area contributed by atoms with E-state index in [2.05, 4.69) is 4.98 Å². The molecule has 0 fully saturated rings. The topological polar surface area (TPSA) is 33.2 Å². The molecule has 3 aromatic rings. The molecule has 0 radical (unpaired) electrons. The van der Waals surface area contributed by atoms with E-state index in [4.69, 9.17) is 0 Å². The second-order valence-electron chi connectivity index (χ2n) is 5.74. The summed E-state index contributed by atoms with van der Waals surface area (Å²) >= 11 is 0. The molecule has 0 saturated heterocycles. The number of halogens is 1. The quantitative estimate of drug-likeness (QED) is 0.710. The van der Waals surface area contributed by atoms with E-state index in [0.29, 0.717) is 5.56 Å². The molecular weight excluding hydrogens is 303 g/mol. The lowest BCUT2D eigenvalue weighted by Crippen LogP contribution is -2.28. The number of rotatable bonds is 3. The molecule has 122 valence electrons. The fourth-order valence-corrected chi connectivity index (χ4v) is 2.98. The lowest BCUT2D eigenvalue weighted by atomic mass is 9.99. The minimum Gasteiger partial charge on any atom is -0.309 e. The van der Waals surface area contributed by atoms with Crippen LogP contribution >= 0.6 is 0 Å². The number of nitrogens with zero attached hydrogens (tertiary/aromatic N) is 2. The van der Waals surface area contributed by atoms with Crippen LogP contribution in [0.4, 0.5) is 10.1 Å². The number of amides is 1. The van der Waals surface area contributed by atoms with Crippen LogP contribution in [0.3, 0.4) is 0 Å². The Balaban J connectivity index is 2.19. The summed E-state index contributed by atoms with van der Waals surface area (Å²) in [5.74, 6) is -0.647. The highest BCUT2D eigenvalue weighted by Crippen LogP contribution is 2.27. The Kier molecular flexibility index (Phi) is 4.30. The Bertz CT molecular complexity index is 921. The van der Waals surface area contributed by atoms with Gasteiger partial charge in [-0.05, 0) is 37.1 Å². The lowest BCUT2D eigenvalue weighted by Gasteiger charge is -2.21. The van der Waals surface area contributed by atoms with Crippen molar-refractivity contribution in [2.75, 3.05) is 11.9 Å². The summed E-state index contributed by atoms with van der Waals surface area (Å²) < 4.78 is 14.1. The number of benzene rings is 2. The number of hydrogen-bond donors (Lipinski definition) is 0. The first-order valence-electron chi connectivity index (χ1n) is 7.95. The molecule has 4 heteroatoms. The Morgan fingerprint density at radius 2 is 1.79 bits per heavy atom. The highest BCUT2D eigenvalue weighted by molar-refractivity contribution is 6.14. The largest absolute Gasteiger partial charge is 0.309 e. The highest BCUT2D eigenvalue weighted by atomic mass is 19.1. The van der Waals surface area contributed by atoms with Gasteiger partial charge in [0.25, 0.3) is 5.91 Å². The molecule has 3 nitrogen and oxygen atoms in total. The van der Waals surface area contributed by atoms with Gasteiger partial charge in [0.2, 0.25) is 0 Å². The van der Waals surface area contributed by atoms with Crippen LogP contribution in [0, 0.1) is 12.7 Å². The number of carbonyl (C=O) groups is 1. The van der Waals surface area contributed by atoms with Gasteiger partial charge in [-0.25, -0.2) is 4.39 Å². The molecule has 0 spiro atoms. The molecule has 0 bridgehead atoms. The zero-order chi connectivity index (χ0) is 17.3. The van der Waals surface area contributed by atoms with Gasteiger partial charge in [-0.3, -0.25) is 9.78 Å². The summed E-state index contributed by atoms with van der Waals surface area (Å²) in [4.78, 5) is 19.1. The summed E-state index contributed by atoms with van der Waals surface area (Å²) in [5, 5.41) is 0.792. The Morgan fingerprint density at radius 3 is 2.50 bits per heavy atom. The van der Waals surface area contributed by atoms with Crippen LogP contribution in [0.25, 0.3) is 10.9 Å². The predicted molar refractivity (Wildman–Crippen MR) is 95.0 cm³/mol. The Morgan fingerprint density at radius 1 is 1.12 bits per heavy atom. The third-order valence-electron chi connectivity index (χ3n) is 4.30. The van der Waals surface area contributed by atoms with E-state index in [0.717, 1.165) is 28.6 Å². The molecular formula is C20H19FN2O. The SMILES string of the molecule is CCc1nc2ccccc2c(C(=O)N(C)c2ccccc2F)c1C. The standard InChI is InChI=1S/C20H19FN2O/c1-4-16-13(2)19(14-9-5-7-11-17(14)22-16)20(24)23(3)18-12-8-6-10-15(18)21/h5-12H,4H2,1-3H3. The summed E-state index contributed by atoms with van der Waals surface area (Å²) in [6.07, 6.45) is 0.736. The van der Waals surface area contributed by atoms with Gasteiger partial charge in [0.1, 0.15) is 5.82 Å². The number of aryl methyl sites for hydroxylation is 1. The first-order valence-corrected chi connectivity index (χ1v) is 7.95. The third kappa shape index (κ3) is 2.64. The van der Waals surface area contributed by atoms with Crippen molar-refractivity contribution < 1.29 is 9.18 Å². The Hall–Kier alpha value is -2.75. The molecule has 0 N–H and O–H groups in total. The van der Waals surface area contributed by atoms with Crippen molar-refractivity contribution in [3.05, 3.63) is 71.2 Å². The molecule has 0 aliphatic rings. The van der Waals surface area contributed by atoms with E-state index in [1.807, 2.05) is 38.1 Å². The molecule has 24 heavy (non-hydrogen) atoms. The van der Waals surface area contributed by atoms with Crippen molar-refractivity contribution in [2.24, 2.45) is 0 Å². The summed E-state index contributed by atoms with van der Waals surface area (Å²) in [6, 6.07) is 13.9. The normalized spacial score (nSPS) is 10.8. The van der Waals surface area contributed by atoms with Crippen molar-refractivity contribution in [3.63, 3.8) is 0 Å². The van der Waals surface area contributed by atoms with E-state index in [9.17, 15) is 9.18 Å². The van der Waals surface area contributed by atoms with Crippen molar-refractivity contribution in [2.45, 2.75) is 20.3 Å². The lowest BCUT2D eigenvalue weighted by molar-refractivity contribution is 0.0993. The van der Waals surface area contributed by atoms with Gasteiger partial charge in [0, 0.05) is 18.1 Å². The zero-order valence-corrected chi connectivity index (χ0v) is 14.0. The summed E-state index contributed by atoms with van der Waals surface area (Å²) in [6.45, 7) is 3.92. The summed E-state index contributed by atoms with van der Waals surface area (Å²) in [5.41, 5.74) is 3.37. The van der Waals surface area contributed by atoms with Crippen molar-refractivity contribution in [1.29, 1.82) is 0 Å². The van der Waals surface area contributed by atoms with Crippen LogP contribution in [-0.2, 0) is 6.42 Å². The average molecular weight is 322 g/mol. The van der Waals surface area contributed by atoms with Crippen molar-refractivity contribution in [1.82, 2.24) is 4.98 Å².